The van der Waals surface area contributed by atoms with Crippen molar-refractivity contribution in [2.45, 2.75) is 180 Å². The average molecular weight is 1300 g/mol. The number of hydrogen-bond donors (Lipinski definition) is 1. The molecule has 10 nitrogen and oxygen atoms in total. The van der Waals surface area contributed by atoms with Crippen LogP contribution in [0.3, 0.4) is 0 Å². The Bertz CT molecular complexity index is 4570. The Morgan fingerprint density at radius 2 is 0.694 bits per heavy atom. The summed E-state index contributed by atoms with van der Waals surface area (Å²) in [6, 6.07) is 52.1. The van der Waals surface area contributed by atoms with E-state index in [0.29, 0.717) is 101 Å². The molecule has 0 aromatic heterocycles. The Labute approximate surface area is 574 Å². The summed E-state index contributed by atoms with van der Waals surface area (Å²) in [6.07, 6.45) is 24.2. The molecular formula is C88H84N2O8. The lowest BCUT2D eigenvalue weighted by Gasteiger charge is -2.32. The highest BCUT2D eigenvalue weighted by atomic mass is 16.5. The number of amides is 3. The van der Waals surface area contributed by atoms with Gasteiger partial charge in [0.25, 0.3) is 17.7 Å². The maximum atomic E-state index is 16.2. The molecule has 0 spiro atoms. The monoisotopic (exact) mass is 1300 g/mol. The molecule has 1 heterocycles. The summed E-state index contributed by atoms with van der Waals surface area (Å²) in [4.78, 5) is 64.3. The molecule has 0 bridgehead atoms. The maximum absolute atomic E-state index is 16.2. The van der Waals surface area contributed by atoms with Crippen LogP contribution in [0.2, 0.25) is 0 Å². The van der Waals surface area contributed by atoms with E-state index in [0.717, 1.165) is 79.9 Å². The number of rotatable bonds is 16. The number of benzene rings is 11. The Morgan fingerprint density at radius 1 is 0.378 bits per heavy atom. The van der Waals surface area contributed by atoms with Crippen molar-refractivity contribution in [2.75, 3.05) is 10.2 Å². The van der Waals surface area contributed by atoms with Crippen molar-refractivity contribution in [2.24, 2.45) is 0 Å². The molecule has 4 saturated carbocycles. The number of nitrogens with one attached hydrogen (secondary N) is 1. The topological polar surface area (TPSA) is 120 Å². The van der Waals surface area contributed by atoms with Crippen LogP contribution in [0.15, 0.2) is 158 Å². The third-order valence-corrected chi connectivity index (χ3v) is 22.6. The van der Waals surface area contributed by atoms with Crippen molar-refractivity contribution < 1.29 is 38.1 Å². The number of fused-ring (bicyclic) bond motifs is 2. The summed E-state index contributed by atoms with van der Waals surface area (Å²) >= 11 is 0. The Morgan fingerprint density at radius 3 is 1.04 bits per heavy atom. The molecule has 0 atom stereocenters. The van der Waals surface area contributed by atoms with Crippen molar-refractivity contribution in [3.05, 3.63) is 224 Å². The van der Waals surface area contributed by atoms with Crippen molar-refractivity contribution in [3.8, 4) is 46.0 Å². The van der Waals surface area contributed by atoms with Gasteiger partial charge in [-0.2, -0.15) is 0 Å². The minimum atomic E-state index is -0.517. The minimum absolute atomic E-state index is 0.178. The lowest BCUT2D eigenvalue weighted by molar-refractivity contribution is 0.0891. The number of hydrogen-bond acceptors (Lipinski definition) is 8. The van der Waals surface area contributed by atoms with Gasteiger partial charge in [-0.3, -0.25) is 19.2 Å². The molecule has 10 heteroatoms. The van der Waals surface area contributed by atoms with Crippen LogP contribution >= 0.6 is 0 Å². The zero-order valence-corrected chi connectivity index (χ0v) is 56.8. The minimum Gasteiger partial charge on any atom is -0.457 e. The van der Waals surface area contributed by atoms with Crippen LogP contribution in [0.1, 0.15) is 238 Å². The van der Waals surface area contributed by atoms with Gasteiger partial charge in [-0.05, 0) is 220 Å². The fourth-order valence-electron chi connectivity index (χ4n) is 17.5. The molecule has 0 unspecified atom stereocenters. The number of carbonyl (C=O) groups excluding carboxylic acids is 4. The van der Waals surface area contributed by atoms with Gasteiger partial charge in [-0.1, -0.05) is 162 Å². The second kappa shape index (κ2) is 26.6. The SMILES string of the molecule is Cc1cccc(C)c1NC(=O)c1cc(Oc2ccc(C3CCCCC3)cc2)c2c3c(Oc4ccc(C5CCCCC5)cc4)cc4c5c(cc(Oc6ccc(C7CCCCC7)cc6)c(c6c(Oc7ccc(C8CCCCC8)cc7)cc(C=O)c1c62)c53)C(=O)N(c1c(C)cccc1C)C4=O. The normalized spacial score (nSPS) is 16.7. The molecule has 494 valence electrons. The van der Waals surface area contributed by atoms with E-state index in [1.165, 1.54) is 104 Å². The standard InChI is InChI=1S/C88H84N2O8/c1-52-19-17-20-53(2)84(52)89-86(92)69-48-73(96-66-41-33-61(34-42-66)57-25-11-6-12-26-57)79-81-75(98-68-45-37-63(38-46-68)59-29-15-8-16-30-59)50-71-77-70(87(93)90(88(71)94)85-54(3)21-18-22-55(85)4)49-74(97-67-43-35-62(36-44-67)58-27-13-7-14-28-58)80(83(77)81)78-72(47-64(51-91)76(69)82(78)79)95-65-39-31-60(32-40-65)56-23-9-5-10-24-56/h17-22,31-51,56-59H,5-16,23-30H2,1-4H3,(H,89,92). The molecule has 11 aromatic rings. The van der Waals surface area contributed by atoms with Gasteiger partial charge in [0, 0.05) is 54.3 Å². The van der Waals surface area contributed by atoms with Gasteiger partial charge < -0.3 is 24.3 Å². The molecule has 0 saturated heterocycles. The first-order valence-corrected chi connectivity index (χ1v) is 36.2. The van der Waals surface area contributed by atoms with Crippen LogP contribution in [0.4, 0.5) is 11.4 Å². The first kappa shape index (κ1) is 63.0. The van der Waals surface area contributed by atoms with E-state index in [1.54, 1.807) is 24.3 Å². The van der Waals surface area contributed by atoms with Crippen LogP contribution in [0.25, 0.3) is 43.1 Å². The van der Waals surface area contributed by atoms with Gasteiger partial charge in [0.1, 0.15) is 46.0 Å². The van der Waals surface area contributed by atoms with Gasteiger partial charge in [0.05, 0.1) is 22.4 Å². The molecular weight excluding hydrogens is 1210 g/mol. The number of aryl methyl sites for hydroxylation is 4. The van der Waals surface area contributed by atoms with Crippen molar-refractivity contribution in [1.29, 1.82) is 0 Å². The molecule has 16 rings (SSSR count). The van der Waals surface area contributed by atoms with E-state index in [1.807, 2.05) is 113 Å². The average Bonchev–Trinajstić information content (AvgIpc) is 0.673. The Kier molecular flexibility index (Phi) is 17.1. The van der Waals surface area contributed by atoms with E-state index in [9.17, 15) is 4.79 Å². The van der Waals surface area contributed by atoms with Crippen LogP contribution in [0.5, 0.6) is 46.0 Å². The third kappa shape index (κ3) is 11.6. The molecule has 5 aliphatic rings. The second-order valence-electron chi connectivity index (χ2n) is 28.8. The Hall–Kier alpha value is -9.80. The molecule has 98 heavy (non-hydrogen) atoms. The first-order chi connectivity index (χ1) is 47.9. The van der Waals surface area contributed by atoms with Crippen LogP contribution in [0, 0.1) is 27.7 Å². The summed E-state index contributed by atoms with van der Waals surface area (Å²) in [5.74, 6) is 3.49. The number of carbonyl (C=O) groups is 4. The lowest BCUT2D eigenvalue weighted by atomic mass is 9.81. The predicted molar refractivity (Wildman–Crippen MR) is 393 cm³/mol. The Balaban J connectivity index is 1.04. The number of nitrogens with zero attached hydrogens (tertiary/aromatic N) is 1. The fourth-order valence-corrected chi connectivity index (χ4v) is 17.5. The highest BCUT2D eigenvalue weighted by Crippen LogP contribution is 2.58. The van der Waals surface area contributed by atoms with E-state index < -0.39 is 17.7 Å². The highest BCUT2D eigenvalue weighted by molar-refractivity contribution is 6.46. The fraction of sp³-hybridized carbons (Fsp3) is 0.318. The zero-order valence-electron chi connectivity index (χ0n) is 56.8. The van der Waals surface area contributed by atoms with Crippen LogP contribution in [-0.2, 0) is 0 Å². The lowest BCUT2D eigenvalue weighted by Crippen LogP contribution is -2.41. The van der Waals surface area contributed by atoms with E-state index in [2.05, 4.69) is 53.8 Å². The van der Waals surface area contributed by atoms with Crippen LogP contribution in [-0.4, -0.2) is 24.0 Å². The number of ether oxygens (including phenoxy) is 4. The smallest absolute Gasteiger partial charge is 0.266 e. The second-order valence-corrected chi connectivity index (χ2v) is 28.8. The van der Waals surface area contributed by atoms with Crippen LogP contribution < -0.4 is 29.2 Å². The summed E-state index contributed by atoms with van der Waals surface area (Å²) in [5.41, 5.74) is 10.3. The summed E-state index contributed by atoms with van der Waals surface area (Å²) < 4.78 is 29.8. The van der Waals surface area contributed by atoms with Gasteiger partial charge in [-0.15, -0.1) is 0 Å². The number of imide groups is 1. The molecule has 3 amide bonds. The number of anilines is 2. The molecule has 1 aliphatic heterocycles. The van der Waals surface area contributed by atoms with Gasteiger partial charge in [0.15, 0.2) is 6.29 Å². The van der Waals surface area contributed by atoms with E-state index in [-0.39, 0.29) is 45.3 Å². The molecule has 11 aromatic carbocycles. The van der Waals surface area contributed by atoms with Gasteiger partial charge in [-0.25, -0.2) is 4.90 Å². The predicted octanol–water partition coefficient (Wildman–Crippen LogP) is 24.2. The molecule has 4 fully saturated rings. The molecule has 1 N–H and O–H groups in total. The summed E-state index contributed by atoms with van der Waals surface area (Å²) in [7, 11) is 0. The van der Waals surface area contributed by atoms with Crippen molar-refractivity contribution >= 4 is 78.5 Å². The van der Waals surface area contributed by atoms with Crippen molar-refractivity contribution in [3.63, 3.8) is 0 Å². The first-order valence-electron chi connectivity index (χ1n) is 36.2. The highest BCUT2D eigenvalue weighted by Gasteiger charge is 2.41. The van der Waals surface area contributed by atoms with Gasteiger partial charge >= 0.3 is 0 Å². The quantitative estimate of drug-likeness (QED) is 0.0440. The zero-order chi connectivity index (χ0) is 66.7. The van der Waals surface area contributed by atoms with Crippen molar-refractivity contribution in [1.82, 2.24) is 0 Å². The largest absolute Gasteiger partial charge is 0.457 e. The number of aldehydes is 1. The summed E-state index contributed by atoms with van der Waals surface area (Å²) in [5, 5.41) is 6.90. The summed E-state index contributed by atoms with van der Waals surface area (Å²) in [6.45, 7) is 7.78. The number of para-hydroxylation sites is 2. The van der Waals surface area contributed by atoms with Gasteiger partial charge in [0.2, 0.25) is 0 Å². The third-order valence-electron chi connectivity index (χ3n) is 22.6. The molecule has 4 aliphatic carbocycles. The maximum Gasteiger partial charge on any atom is 0.266 e. The van der Waals surface area contributed by atoms with E-state index in [4.69, 9.17) is 18.9 Å². The molecule has 0 radical (unpaired) electrons. The van der Waals surface area contributed by atoms with E-state index >= 15 is 14.4 Å².